The fraction of sp³-hybridized carbons (Fsp3) is 0.100. The minimum Gasteiger partial charge on any atom is -0.461 e. The van der Waals surface area contributed by atoms with E-state index in [9.17, 15) is 14.4 Å². The number of carbonyl (C=O) groups excluding carboxylic acids is 2. The van der Waals surface area contributed by atoms with E-state index in [0.29, 0.717) is 15.4 Å². The van der Waals surface area contributed by atoms with Gasteiger partial charge in [0, 0.05) is 15.8 Å². The van der Waals surface area contributed by atoms with Crippen LogP contribution in [0.25, 0.3) is 16.5 Å². The Labute approximate surface area is 192 Å². The zero-order valence-corrected chi connectivity index (χ0v) is 19.0. The molecule has 3 aromatic heterocycles. The predicted molar refractivity (Wildman–Crippen MR) is 121 cm³/mol. The van der Waals surface area contributed by atoms with Crippen molar-refractivity contribution < 1.29 is 18.7 Å². The van der Waals surface area contributed by atoms with E-state index < -0.39 is 17.4 Å². The van der Waals surface area contributed by atoms with Crippen molar-refractivity contribution in [3.8, 4) is 5.69 Å². The fourth-order valence-corrected chi connectivity index (χ4v) is 4.21. The molecule has 1 amide bonds. The topological polar surface area (TPSA) is 103 Å². The average molecular weight is 523 g/mol. The van der Waals surface area contributed by atoms with Crippen molar-refractivity contribution in [3.63, 3.8) is 0 Å². The van der Waals surface area contributed by atoms with E-state index in [0.717, 1.165) is 16.0 Å². The lowest BCUT2D eigenvalue weighted by Crippen LogP contribution is -2.25. The highest BCUT2D eigenvalue weighted by atomic mass is 79.9. The Kier molecular flexibility index (Phi) is 5.94. The summed E-state index contributed by atoms with van der Waals surface area (Å²) in [7, 11) is 0. The Bertz CT molecular complexity index is 1360. The van der Waals surface area contributed by atoms with Crippen LogP contribution in [-0.4, -0.2) is 28.3 Å². The first kappa shape index (κ1) is 21.3. The van der Waals surface area contributed by atoms with Gasteiger partial charge in [0.2, 0.25) is 0 Å². The summed E-state index contributed by atoms with van der Waals surface area (Å²) in [6.07, 6.45) is 0. The maximum Gasteiger partial charge on any atom is 0.359 e. The predicted octanol–water partition coefficient (Wildman–Crippen LogP) is 4.89. The molecule has 4 rings (SSSR count). The summed E-state index contributed by atoms with van der Waals surface area (Å²) in [5, 5.41) is 9.64. The standard InChI is InChI=1S/C20H13BrClN3O5S/c1-2-29-20(28)16-12-9-31-18(23-17(26)13-7-8-14(21)30-13)15(12)19(27)25(24-16)11-5-3-10(22)4-6-11/h3-9H,2H2,1H3,(H,23,26). The third-order valence-electron chi connectivity index (χ3n) is 4.22. The number of furan rings is 1. The minimum atomic E-state index is -0.680. The summed E-state index contributed by atoms with van der Waals surface area (Å²) in [6, 6.07) is 9.48. The van der Waals surface area contributed by atoms with Gasteiger partial charge in [-0.3, -0.25) is 9.59 Å². The summed E-state index contributed by atoms with van der Waals surface area (Å²) in [6.45, 7) is 1.81. The number of aromatic nitrogens is 2. The molecular formula is C20H13BrClN3O5S. The van der Waals surface area contributed by atoms with Crippen LogP contribution in [0.15, 0.2) is 55.7 Å². The Morgan fingerprint density at radius 3 is 2.65 bits per heavy atom. The Morgan fingerprint density at radius 2 is 2.00 bits per heavy atom. The molecule has 3 heterocycles. The molecule has 0 atom stereocenters. The first-order valence-corrected chi connectivity index (χ1v) is 11.0. The molecule has 0 fully saturated rings. The maximum absolute atomic E-state index is 13.3. The van der Waals surface area contributed by atoms with Crippen LogP contribution >= 0.6 is 38.9 Å². The second-order valence-electron chi connectivity index (χ2n) is 6.17. The van der Waals surface area contributed by atoms with Gasteiger partial charge in [-0.1, -0.05) is 11.6 Å². The lowest BCUT2D eigenvalue weighted by Gasteiger charge is -2.10. The Balaban J connectivity index is 1.89. The summed E-state index contributed by atoms with van der Waals surface area (Å²) in [5.74, 6) is -1.16. The van der Waals surface area contributed by atoms with Gasteiger partial charge in [0.1, 0.15) is 5.00 Å². The van der Waals surface area contributed by atoms with Crippen LogP contribution in [0.2, 0.25) is 5.02 Å². The lowest BCUT2D eigenvalue weighted by atomic mass is 10.2. The molecule has 31 heavy (non-hydrogen) atoms. The average Bonchev–Trinajstić information content (AvgIpc) is 3.36. The number of nitrogens with zero attached hydrogens (tertiary/aromatic N) is 2. The van der Waals surface area contributed by atoms with Gasteiger partial charge in [0.05, 0.1) is 17.7 Å². The maximum atomic E-state index is 13.3. The molecule has 0 bridgehead atoms. The molecule has 158 valence electrons. The Morgan fingerprint density at radius 1 is 1.26 bits per heavy atom. The van der Waals surface area contributed by atoms with Crippen molar-refractivity contribution in [2.75, 3.05) is 11.9 Å². The highest BCUT2D eigenvalue weighted by Gasteiger charge is 2.24. The molecule has 0 spiro atoms. The van der Waals surface area contributed by atoms with Gasteiger partial charge in [0.25, 0.3) is 11.5 Å². The molecule has 1 aromatic carbocycles. The van der Waals surface area contributed by atoms with Crippen molar-refractivity contribution in [1.29, 1.82) is 0 Å². The number of thiophene rings is 1. The highest BCUT2D eigenvalue weighted by molar-refractivity contribution is 9.10. The number of esters is 1. The summed E-state index contributed by atoms with van der Waals surface area (Å²) in [5.41, 5.74) is -0.147. The number of halogens is 2. The van der Waals surface area contributed by atoms with Crippen LogP contribution in [0.5, 0.6) is 0 Å². The number of anilines is 1. The van der Waals surface area contributed by atoms with Crippen LogP contribution in [0.1, 0.15) is 28.0 Å². The van der Waals surface area contributed by atoms with Crippen LogP contribution in [-0.2, 0) is 4.74 Å². The summed E-state index contributed by atoms with van der Waals surface area (Å²) < 4.78 is 11.8. The lowest BCUT2D eigenvalue weighted by molar-refractivity contribution is 0.0520. The second kappa shape index (κ2) is 8.66. The van der Waals surface area contributed by atoms with Crippen LogP contribution in [0.3, 0.4) is 0 Å². The molecule has 0 saturated heterocycles. The third-order valence-corrected chi connectivity index (χ3v) is 5.79. The van der Waals surface area contributed by atoms with E-state index >= 15 is 0 Å². The monoisotopic (exact) mass is 521 g/mol. The van der Waals surface area contributed by atoms with E-state index in [1.165, 1.54) is 6.07 Å². The minimum absolute atomic E-state index is 0.0381. The highest BCUT2D eigenvalue weighted by Crippen LogP contribution is 2.31. The zero-order valence-electron chi connectivity index (χ0n) is 15.8. The van der Waals surface area contributed by atoms with Gasteiger partial charge in [-0.15, -0.1) is 11.3 Å². The van der Waals surface area contributed by atoms with Crippen molar-refractivity contribution in [3.05, 3.63) is 73.3 Å². The number of hydrogen-bond acceptors (Lipinski definition) is 7. The number of fused-ring (bicyclic) bond motifs is 1. The van der Waals surface area contributed by atoms with Crippen LogP contribution in [0.4, 0.5) is 5.00 Å². The van der Waals surface area contributed by atoms with Gasteiger partial charge in [0.15, 0.2) is 16.1 Å². The molecule has 4 aromatic rings. The number of hydrogen-bond donors (Lipinski definition) is 1. The molecule has 0 saturated carbocycles. The Hall–Kier alpha value is -2.95. The van der Waals surface area contributed by atoms with Gasteiger partial charge in [-0.2, -0.15) is 9.78 Å². The fourth-order valence-electron chi connectivity index (χ4n) is 2.85. The molecule has 0 unspecified atom stereocenters. The number of benzene rings is 1. The zero-order chi connectivity index (χ0) is 22.1. The number of rotatable bonds is 5. The number of carbonyl (C=O) groups is 2. The number of ether oxygens (including phenoxy) is 1. The van der Waals surface area contributed by atoms with Gasteiger partial charge in [-0.25, -0.2) is 4.79 Å². The first-order chi connectivity index (χ1) is 14.9. The first-order valence-electron chi connectivity index (χ1n) is 8.93. The van der Waals surface area contributed by atoms with Gasteiger partial charge < -0.3 is 14.5 Å². The summed E-state index contributed by atoms with van der Waals surface area (Å²) in [4.78, 5) is 38.4. The largest absolute Gasteiger partial charge is 0.461 e. The molecule has 0 aliphatic carbocycles. The molecule has 8 nitrogen and oxygen atoms in total. The van der Waals surface area contributed by atoms with Crippen molar-refractivity contribution in [1.82, 2.24) is 9.78 Å². The SMILES string of the molecule is CCOC(=O)c1nn(-c2ccc(Cl)cc2)c(=O)c2c(NC(=O)c3ccc(Br)o3)scc12. The summed E-state index contributed by atoms with van der Waals surface area (Å²) >= 11 is 10.2. The second-order valence-corrected chi connectivity index (χ2v) is 8.27. The van der Waals surface area contributed by atoms with E-state index in [1.54, 1.807) is 42.6 Å². The normalized spacial score (nSPS) is 10.9. The van der Waals surface area contributed by atoms with Crippen molar-refractivity contribution in [2.24, 2.45) is 0 Å². The third kappa shape index (κ3) is 4.14. The van der Waals surface area contributed by atoms with E-state index in [-0.39, 0.29) is 33.8 Å². The van der Waals surface area contributed by atoms with Crippen molar-refractivity contribution >= 4 is 66.5 Å². The molecular weight excluding hydrogens is 510 g/mol. The smallest absolute Gasteiger partial charge is 0.359 e. The van der Waals surface area contributed by atoms with E-state index in [1.807, 2.05) is 0 Å². The number of amides is 1. The van der Waals surface area contributed by atoms with E-state index in [4.69, 9.17) is 20.8 Å². The molecule has 0 aliphatic heterocycles. The van der Waals surface area contributed by atoms with Crippen LogP contribution < -0.4 is 10.9 Å². The molecule has 0 aliphatic rings. The number of nitrogens with one attached hydrogen (secondary N) is 1. The van der Waals surface area contributed by atoms with Crippen molar-refractivity contribution in [2.45, 2.75) is 6.92 Å². The molecule has 0 radical (unpaired) electrons. The molecule has 1 N–H and O–H groups in total. The van der Waals surface area contributed by atoms with Gasteiger partial charge >= 0.3 is 5.97 Å². The molecule has 11 heteroatoms. The quantitative estimate of drug-likeness (QED) is 0.375. The van der Waals surface area contributed by atoms with Gasteiger partial charge in [-0.05, 0) is 59.3 Å². The van der Waals surface area contributed by atoms with Crippen LogP contribution in [0, 0.1) is 0 Å². The van der Waals surface area contributed by atoms with E-state index in [2.05, 4.69) is 26.3 Å².